The number of pyridine rings is 1. The van der Waals surface area contributed by atoms with Crippen LogP contribution in [-0.4, -0.2) is 49.3 Å². The number of fused-ring (bicyclic) bond motifs is 3. The quantitative estimate of drug-likeness (QED) is 0.889. The Morgan fingerprint density at radius 2 is 1.88 bits per heavy atom. The Labute approximate surface area is 155 Å². The predicted molar refractivity (Wildman–Crippen MR) is 104 cm³/mol. The van der Waals surface area contributed by atoms with Gasteiger partial charge in [0.05, 0.1) is 14.2 Å². The van der Waals surface area contributed by atoms with Crippen molar-refractivity contribution < 1.29 is 9.47 Å². The summed E-state index contributed by atoms with van der Waals surface area (Å²) in [6.45, 7) is 4.82. The average molecular weight is 353 g/mol. The number of nitrogens with zero attached hydrogens (tertiary/aromatic N) is 2. The molecule has 5 heteroatoms. The molecule has 2 aromatic rings. The van der Waals surface area contributed by atoms with E-state index < -0.39 is 0 Å². The number of rotatable bonds is 5. The molecule has 3 aliphatic rings. The lowest BCUT2D eigenvalue weighted by molar-refractivity contribution is 0.0457. The third-order valence-electron chi connectivity index (χ3n) is 5.97. The Balaban J connectivity index is 1.54. The van der Waals surface area contributed by atoms with Crippen molar-refractivity contribution in [3.05, 3.63) is 36.5 Å². The van der Waals surface area contributed by atoms with Crippen LogP contribution in [0.4, 0.5) is 5.82 Å². The van der Waals surface area contributed by atoms with Crippen LogP contribution in [0.15, 0.2) is 36.5 Å². The fourth-order valence-corrected chi connectivity index (χ4v) is 4.39. The van der Waals surface area contributed by atoms with E-state index in [0.29, 0.717) is 12.1 Å². The van der Waals surface area contributed by atoms with Gasteiger partial charge in [0.25, 0.3) is 0 Å². The first-order valence-corrected chi connectivity index (χ1v) is 9.38. The third kappa shape index (κ3) is 3.12. The summed E-state index contributed by atoms with van der Waals surface area (Å²) >= 11 is 0. The number of hydrogen-bond acceptors (Lipinski definition) is 5. The van der Waals surface area contributed by atoms with Crippen molar-refractivity contribution in [1.29, 1.82) is 0 Å². The minimum absolute atomic E-state index is 0.488. The zero-order valence-electron chi connectivity index (χ0n) is 15.7. The molecule has 0 unspecified atom stereocenters. The molecule has 138 valence electrons. The lowest BCUT2D eigenvalue weighted by Crippen LogP contribution is -2.59. The summed E-state index contributed by atoms with van der Waals surface area (Å²) in [6.07, 6.45) is 4.49. The van der Waals surface area contributed by atoms with Crippen molar-refractivity contribution in [2.45, 2.75) is 31.8 Å². The minimum atomic E-state index is 0.488. The molecule has 1 aromatic carbocycles. The molecular formula is C21H27N3O2. The molecule has 4 heterocycles. The van der Waals surface area contributed by atoms with E-state index in [1.165, 1.54) is 25.9 Å². The summed E-state index contributed by atoms with van der Waals surface area (Å²) in [5.41, 5.74) is 2.01. The zero-order chi connectivity index (χ0) is 18.1. The zero-order valence-corrected chi connectivity index (χ0v) is 15.7. The number of methoxy groups -OCH3 is 2. The highest BCUT2D eigenvalue weighted by molar-refractivity contribution is 5.72. The van der Waals surface area contributed by atoms with E-state index in [2.05, 4.69) is 34.3 Å². The van der Waals surface area contributed by atoms with E-state index in [1.807, 2.05) is 24.4 Å². The van der Waals surface area contributed by atoms with Gasteiger partial charge in [-0.2, -0.15) is 0 Å². The lowest BCUT2D eigenvalue weighted by atomic mass is 9.79. The second-order valence-electron chi connectivity index (χ2n) is 7.28. The van der Waals surface area contributed by atoms with Crippen molar-refractivity contribution in [3.8, 4) is 22.6 Å². The van der Waals surface area contributed by atoms with Crippen LogP contribution in [-0.2, 0) is 0 Å². The van der Waals surface area contributed by atoms with Gasteiger partial charge in [0.15, 0.2) is 0 Å². The second kappa shape index (κ2) is 7.16. The summed E-state index contributed by atoms with van der Waals surface area (Å²) < 4.78 is 10.8. The van der Waals surface area contributed by atoms with Crippen LogP contribution in [0.5, 0.6) is 11.5 Å². The van der Waals surface area contributed by atoms with E-state index >= 15 is 0 Å². The summed E-state index contributed by atoms with van der Waals surface area (Å²) in [4.78, 5) is 7.26. The minimum Gasteiger partial charge on any atom is -0.497 e. The molecule has 1 N–H and O–H groups in total. The Morgan fingerprint density at radius 1 is 1.08 bits per heavy atom. The normalized spacial score (nSPS) is 27.2. The smallest absolute Gasteiger partial charge is 0.127 e. The van der Waals surface area contributed by atoms with Gasteiger partial charge in [-0.25, -0.2) is 4.98 Å². The highest BCUT2D eigenvalue weighted by Gasteiger charge is 2.39. The number of aromatic nitrogens is 1. The van der Waals surface area contributed by atoms with Gasteiger partial charge < -0.3 is 14.8 Å². The number of benzene rings is 1. The maximum Gasteiger partial charge on any atom is 0.127 e. The molecule has 0 amide bonds. The van der Waals surface area contributed by atoms with Gasteiger partial charge in [-0.3, -0.25) is 4.90 Å². The number of ether oxygens (including phenoxy) is 2. The van der Waals surface area contributed by atoms with Crippen LogP contribution >= 0.6 is 0 Å². The highest BCUT2D eigenvalue weighted by Crippen LogP contribution is 2.35. The number of piperidine rings is 3. The summed E-state index contributed by atoms with van der Waals surface area (Å²) in [6, 6.07) is 11.0. The van der Waals surface area contributed by atoms with Crippen LogP contribution in [0.1, 0.15) is 19.8 Å². The Bertz CT molecular complexity index is 752. The van der Waals surface area contributed by atoms with Crippen molar-refractivity contribution in [2.24, 2.45) is 5.92 Å². The van der Waals surface area contributed by atoms with E-state index in [4.69, 9.17) is 9.47 Å². The van der Waals surface area contributed by atoms with Crippen molar-refractivity contribution in [2.75, 3.05) is 32.6 Å². The van der Waals surface area contributed by atoms with Gasteiger partial charge in [-0.05, 0) is 69.1 Å². The number of anilines is 1. The molecule has 1 aromatic heterocycles. The molecule has 5 nitrogen and oxygen atoms in total. The summed E-state index contributed by atoms with van der Waals surface area (Å²) in [5, 5.41) is 3.68. The van der Waals surface area contributed by atoms with Crippen LogP contribution in [0.3, 0.4) is 0 Å². The van der Waals surface area contributed by atoms with Crippen LogP contribution in [0.2, 0.25) is 0 Å². The number of hydrogen-bond donors (Lipinski definition) is 1. The molecule has 0 saturated carbocycles. The molecule has 5 rings (SSSR count). The Hall–Kier alpha value is -2.27. The Morgan fingerprint density at radius 3 is 2.50 bits per heavy atom. The standard InChI is InChI=1S/C21H27N3O2/c1-14-21(15-8-10-24(14)11-9-15)23-20-7-4-16(13-22-20)18-12-17(25-2)5-6-19(18)26-3/h4-7,12-15,21H,8-11H2,1-3H3,(H,22,23)/t14-,21+/m1/s1. The average Bonchev–Trinajstić information content (AvgIpc) is 2.71. The maximum atomic E-state index is 5.49. The van der Waals surface area contributed by atoms with Gasteiger partial charge in [-0.15, -0.1) is 0 Å². The number of nitrogens with one attached hydrogen (secondary N) is 1. The molecule has 0 spiro atoms. The fourth-order valence-electron chi connectivity index (χ4n) is 4.39. The van der Waals surface area contributed by atoms with Gasteiger partial charge in [0.1, 0.15) is 17.3 Å². The maximum absolute atomic E-state index is 5.49. The third-order valence-corrected chi connectivity index (χ3v) is 5.97. The van der Waals surface area contributed by atoms with Crippen molar-refractivity contribution >= 4 is 5.82 Å². The first-order valence-electron chi connectivity index (χ1n) is 9.38. The first kappa shape index (κ1) is 17.2. The van der Waals surface area contributed by atoms with Crippen molar-refractivity contribution in [1.82, 2.24) is 9.88 Å². The van der Waals surface area contributed by atoms with E-state index in [-0.39, 0.29) is 0 Å². The van der Waals surface area contributed by atoms with Crippen molar-refractivity contribution in [3.63, 3.8) is 0 Å². The molecule has 3 saturated heterocycles. The molecule has 2 bridgehead atoms. The summed E-state index contributed by atoms with van der Waals surface area (Å²) in [5.74, 6) is 3.33. The molecule has 0 aliphatic carbocycles. The van der Waals surface area contributed by atoms with E-state index in [9.17, 15) is 0 Å². The van der Waals surface area contributed by atoms with E-state index in [1.54, 1.807) is 14.2 Å². The predicted octanol–water partition coefficient (Wildman–Crippen LogP) is 3.66. The first-order chi connectivity index (χ1) is 12.7. The largest absolute Gasteiger partial charge is 0.497 e. The summed E-state index contributed by atoms with van der Waals surface area (Å²) in [7, 11) is 3.36. The van der Waals surface area contributed by atoms with Crippen LogP contribution in [0, 0.1) is 5.92 Å². The van der Waals surface area contributed by atoms with Crippen LogP contribution in [0.25, 0.3) is 11.1 Å². The van der Waals surface area contributed by atoms with Gasteiger partial charge in [0, 0.05) is 29.4 Å². The molecule has 26 heavy (non-hydrogen) atoms. The molecular weight excluding hydrogens is 326 g/mol. The molecule has 3 aliphatic heterocycles. The van der Waals surface area contributed by atoms with Gasteiger partial charge >= 0.3 is 0 Å². The molecule has 3 fully saturated rings. The highest BCUT2D eigenvalue weighted by atomic mass is 16.5. The van der Waals surface area contributed by atoms with Gasteiger partial charge in [0.2, 0.25) is 0 Å². The van der Waals surface area contributed by atoms with E-state index in [0.717, 1.165) is 34.4 Å². The SMILES string of the molecule is COc1ccc(OC)c(-c2ccc(N[C@@H]3C4CCN(CC4)[C@@H]3C)nc2)c1. The van der Waals surface area contributed by atoms with Gasteiger partial charge in [-0.1, -0.05) is 0 Å². The molecule has 0 radical (unpaired) electrons. The monoisotopic (exact) mass is 353 g/mol. The fraction of sp³-hybridized carbons (Fsp3) is 0.476. The van der Waals surface area contributed by atoms with Crippen LogP contribution < -0.4 is 14.8 Å². The lowest BCUT2D eigenvalue weighted by Gasteiger charge is -2.50. The Kier molecular flexibility index (Phi) is 4.72. The molecule has 2 atom stereocenters. The topological polar surface area (TPSA) is 46.6 Å². The second-order valence-corrected chi connectivity index (χ2v) is 7.28.